The first kappa shape index (κ1) is 10.6. The van der Waals surface area contributed by atoms with Gasteiger partial charge in [0.25, 0.3) is 5.56 Å². The van der Waals surface area contributed by atoms with Gasteiger partial charge in [-0.2, -0.15) is 0 Å². The lowest BCUT2D eigenvalue weighted by Crippen LogP contribution is -2.21. The summed E-state index contributed by atoms with van der Waals surface area (Å²) >= 11 is 0. The maximum atomic E-state index is 11.5. The van der Waals surface area contributed by atoms with Gasteiger partial charge < -0.3 is 9.40 Å². The maximum Gasteiger partial charge on any atom is 0.327 e. The number of aromatic nitrogens is 4. The van der Waals surface area contributed by atoms with Crippen molar-refractivity contribution in [2.45, 2.75) is 13.3 Å². The number of H-pyrrole nitrogens is 3. The van der Waals surface area contributed by atoms with Crippen LogP contribution in [0.25, 0.3) is 22.7 Å². The number of nitrogens with one attached hydrogen (secondary N) is 3. The molecule has 0 amide bonds. The van der Waals surface area contributed by atoms with E-state index in [4.69, 9.17) is 4.42 Å². The molecule has 7 nitrogen and oxygen atoms in total. The lowest BCUT2D eigenvalue weighted by atomic mass is 10.3. The fraction of sp³-hybridized carbons (Fsp3) is 0.182. The van der Waals surface area contributed by atoms with Crippen LogP contribution in [-0.2, 0) is 6.42 Å². The van der Waals surface area contributed by atoms with Gasteiger partial charge in [-0.3, -0.25) is 14.8 Å². The molecule has 7 heteroatoms. The topological polar surface area (TPSA) is 108 Å². The summed E-state index contributed by atoms with van der Waals surface area (Å²) in [5.74, 6) is 1.77. The van der Waals surface area contributed by atoms with Crippen LogP contribution in [0.1, 0.15) is 12.7 Å². The molecule has 92 valence electrons. The normalized spacial score (nSPS) is 11.2. The molecule has 0 aliphatic rings. The van der Waals surface area contributed by atoms with Crippen molar-refractivity contribution in [2.75, 3.05) is 0 Å². The smallest absolute Gasteiger partial charge is 0.327 e. The van der Waals surface area contributed by atoms with Gasteiger partial charge in [-0.1, -0.05) is 6.92 Å². The molecule has 0 bridgehead atoms. The van der Waals surface area contributed by atoms with Gasteiger partial charge in [0.2, 0.25) is 0 Å². The summed E-state index contributed by atoms with van der Waals surface area (Å²) in [7, 11) is 0. The predicted molar refractivity (Wildman–Crippen MR) is 64.4 cm³/mol. The highest BCUT2D eigenvalue weighted by Crippen LogP contribution is 2.20. The van der Waals surface area contributed by atoms with Gasteiger partial charge in [0.1, 0.15) is 11.3 Å². The van der Waals surface area contributed by atoms with E-state index >= 15 is 0 Å². The van der Waals surface area contributed by atoms with E-state index in [9.17, 15) is 9.59 Å². The van der Waals surface area contributed by atoms with Crippen molar-refractivity contribution in [3.8, 4) is 11.6 Å². The second-order valence-electron chi connectivity index (χ2n) is 3.84. The Kier molecular flexibility index (Phi) is 2.19. The third-order valence-corrected chi connectivity index (χ3v) is 2.63. The van der Waals surface area contributed by atoms with E-state index in [0.29, 0.717) is 11.6 Å². The van der Waals surface area contributed by atoms with Crippen molar-refractivity contribution >= 4 is 11.2 Å². The fourth-order valence-electron chi connectivity index (χ4n) is 1.74. The van der Waals surface area contributed by atoms with Crippen LogP contribution in [-0.4, -0.2) is 19.9 Å². The highest BCUT2D eigenvalue weighted by atomic mass is 16.3. The summed E-state index contributed by atoms with van der Waals surface area (Å²) in [6.45, 7) is 1.98. The highest BCUT2D eigenvalue weighted by Gasteiger charge is 2.12. The first-order valence-corrected chi connectivity index (χ1v) is 5.49. The van der Waals surface area contributed by atoms with Crippen molar-refractivity contribution in [1.29, 1.82) is 0 Å². The summed E-state index contributed by atoms with van der Waals surface area (Å²) in [6.07, 6.45) is 0.775. The van der Waals surface area contributed by atoms with E-state index in [1.54, 1.807) is 6.07 Å². The standard InChI is InChI=1S/C11H10N4O3/c1-2-5-3-4-6(18-5)8-12-7-9(13-8)14-11(17)15-10(7)16/h3-4H,2H2,1H3,(H3,12,13,14,15,16,17). The number of furan rings is 1. The molecule has 0 saturated heterocycles. The minimum Gasteiger partial charge on any atom is -0.458 e. The minimum atomic E-state index is -0.584. The second-order valence-corrected chi connectivity index (χ2v) is 3.84. The summed E-state index contributed by atoms with van der Waals surface area (Å²) in [4.78, 5) is 34.2. The van der Waals surface area contributed by atoms with Crippen LogP contribution in [0.15, 0.2) is 26.1 Å². The molecule has 0 aromatic carbocycles. The summed E-state index contributed by atoms with van der Waals surface area (Å²) < 4.78 is 5.52. The van der Waals surface area contributed by atoms with Gasteiger partial charge in [-0.15, -0.1) is 0 Å². The Bertz CT molecular complexity index is 821. The van der Waals surface area contributed by atoms with Crippen LogP contribution in [0.2, 0.25) is 0 Å². The first-order valence-electron chi connectivity index (χ1n) is 5.49. The van der Waals surface area contributed by atoms with Crippen LogP contribution >= 0.6 is 0 Å². The molecular formula is C11H10N4O3. The van der Waals surface area contributed by atoms with Gasteiger partial charge >= 0.3 is 5.69 Å². The SMILES string of the molecule is CCc1ccc(-c2nc3[nH]c(=O)[nH]c(=O)c3[nH]2)o1. The molecule has 3 rings (SSSR count). The Morgan fingerprint density at radius 3 is 2.78 bits per heavy atom. The lowest BCUT2D eigenvalue weighted by molar-refractivity contribution is 0.526. The average Bonchev–Trinajstić information content (AvgIpc) is 2.93. The lowest BCUT2D eigenvalue weighted by Gasteiger charge is -1.89. The Balaban J connectivity index is 2.22. The van der Waals surface area contributed by atoms with E-state index in [-0.39, 0.29) is 11.2 Å². The Morgan fingerprint density at radius 2 is 2.06 bits per heavy atom. The zero-order chi connectivity index (χ0) is 12.7. The third-order valence-electron chi connectivity index (χ3n) is 2.63. The molecule has 0 aliphatic heterocycles. The van der Waals surface area contributed by atoms with Crippen LogP contribution in [0.3, 0.4) is 0 Å². The van der Waals surface area contributed by atoms with Crippen molar-refractivity contribution < 1.29 is 4.42 Å². The zero-order valence-corrected chi connectivity index (χ0v) is 9.53. The molecule has 0 spiro atoms. The fourth-order valence-corrected chi connectivity index (χ4v) is 1.74. The Hall–Kier alpha value is -2.57. The van der Waals surface area contributed by atoms with Crippen molar-refractivity contribution in [1.82, 2.24) is 19.9 Å². The van der Waals surface area contributed by atoms with Gasteiger partial charge in [0, 0.05) is 6.42 Å². The number of aryl methyl sites for hydroxylation is 1. The summed E-state index contributed by atoms with van der Waals surface area (Å²) in [6, 6.07) is 3.61. The molecule has 0 radical (unpaired) electrons. The van der Waals surface area contributed by atoms with Crippen LogP contribution in [0.4, 0.5) is 0 Å². The number of fused-ring (bicyclic) bond motifs is 1. The largest absolute Gasteiger partial charge is 0.458 e. The molecule has 3 heterocycles. The second kappa shape index (κ2) is 3.73. The quantitative estimate of drug-likeness (QED) is 0.620. The minimum absolute atomic E-state index is 0.216. The van der Waals surface area contributed by atoms with Gasteiger partial charge in [-0.25, -0.2) is 9.78 Å². The number of rotatable bonds is 2. The van der Waals surface area contributed by atoms with E-state index in [0.717, 1.165) is 12.2 Å². The monoisotopic (exact) mass is 246 g/mol. The number of nitrogens with zero attached hydrogens (tertiary/aromatic N) is 1. The Morgan fingerprint density at radius 1 is 1.22 bits per heavy atom. The number of hydrogen-bond donors (Lipinski definition) is 3. The van der Waals surface area contributed by atoms with Crippen LogP contribution in [0, 0.1) is 0 Å². The van der Waals surface area contributed by atoms with Crippen LogP contribution < -0.4 is 11.2 Å². The number of aromatic amines is 3. The molecule has 18 heavy (non-hydrogen) atoms. The highest BCUT2D eigenvalue weighted by molar-refractivity contribution is 5.73. The average molecular weight is 246 g/mol. The molecule has 3 aromatic rings. The van der Waals surface area contributed by atoms with Crippen molar-refractivity contribution in [3.05, 3.63) is 38.7 Å². The Labute approximate surface area is 99.9 Å². The maximum absolute atomic E-state index is 11.5. The molecule has 0 saturated carbocycles. The van der Waals surface area contributed by atoms with Crippen molar-refractivity contribution in [2.24, 2.45) is 0 Å². The first-order chi connectivity index (χ1) is 8.67. The van der Waals surface area contributed by atoms with E-state index in [1.165, 1.54) is 0 Å². The molecule has 0 aliphatic carbocycles. The summed E-state index contributed by atoms with van der Waals surface area (Å²) in [5, 5.41) is 0. The van der Waals surface area contributed by atoms with E-state index in [1.807, 2.05) is 13.0 Å². The zero-order valence-electron chi connectivity index (χ0n) is 9.53. The van der Waals surface area contributed by atoms with Gasteiger partial charge in [0.15, 0.2) is 17.2 Å². The molecule has 0 unspecified atom stereocenters. The van der Waals surface area contributed by atoms with Crippen molar-refractivity contribution in [3.63, 3.8) is 0 Å². The summed E-state index contributed by atoms with van der Waals surface area (Å²) in [5.41, 5.74) is -0.652. The molecule has 0 fully saturated rings. The van der Waals surface area contributed by atoms with Gasteiger partial charge in [-0.05, 0) is 12.1 Å². The third kappa shape index (κ3) is 1.56. The van der Waals surface area contributed by atoms with Gasteiger partial charge in [0.05, 0.1) is 0 Å². The molecule has 0 atom stereocenters. The van der Waals surface area contributed by atoms with E-state index in [2.05, 4.69) is 19.9 Å². The predicted octanol–water partition coefficient (Wildman–Crippen LogP) is 0.762. The number of hydrogen-bond acceptors (Lipinski definition) is 4. The molecule has 3 N–H and O–H groups in total. The number of imidazole rings is 1. The van der Waals surface area contributed by atoms with E-state index < -0.39 is 11.2 Å². The van der Waals surface area contributed by atoms with Crippen LogP contribution in [0.5, 0.6) is 0 Å². The molecular weight excluding hydrogens is 236 g/mol. The molecule has 3 aromatic heterocycles.